The van der Waals surface area contributed by atoms with Gasteiger partial charge in [-0.25, -0.2) is 11.6 Å². The van der Waals surface area contributed by atoms with Crippen LogP contribution in [0, 0.1) is 73.2 Å². The van der Waals surface area contributed by atoms with Gasteiger partial charge in [0.1, 0.15) is 0 Å². The number of allylic oxidation sites excluding steroid dienone is 4. The Bertz CT molecular complexity index is 1970. The molecule has 0 aromatic heterocycles. The first-order valence-corrected chi connectivity index (χ1v) is 22.9. The molecular formula is C52H66Cl2Zr-2. The van der Waals surface area contributed by atoms with Crippen molar-refractivity contribution in [1.82, 2.24) is 0 Å². The van der Waals surface area contributed by atoms with Gasteiger partial charge in [-0.2, -0.15) is 17.6 Å². The maximum atomic E-state index is 3.47. The van der Waals surface area contributed by atoms with Crippen LogP contribution in [0.4, 0.5) is 0 Å². The van der Waals surface area contributed by atoms with Gasteiger partial charge in [0.05, 0.1) is 0 Å². The van der Waals surface area contributed by atoms with Crippen LogP contribution in [0.1, 0.15) is 170 Å². The van der Waals surface area contributed by atoms with E-state index in [4.69, 9.17) is 0 Å². The molecule has 5 atom stereocenters. The van der Waals surface area contributed by atoms with Crippen LogP contribution in [-0.2, 0) is 24.2 Å². The van der Waals surface area contributed by atoms with Crippen LogP contribution >= 0.6 is 0 Å². The fourth-order valence-electron chi connectivity index (χ4n) is 13.3. The first kappa shape index (κ1) is 43.2. The van der Waals surface area contributed by atoms with E-state index in [0.29, 0.717) is 34.5 Å². The molecule has 5 unspecified atom stereocenters. The Morgan fingerprint density at radius 2 is 1.35 bits per heavy atom. The van der Waals surface area contributed by atoms with Crippen molar-refractivity contribution in [2.75, 3.05) is 0 Å². The van der Waals surface area contributed by atoms with Crippen molar-refractivity contribution >= 4 is 14.0 Å². The zero-order valence-corrected chi connectivity index (χ0v) is 39.6. The normalized spacial score (nSPS) is 33.3. The molecule has 4 bridgehead atoms. The Morgan fingerprint density at radius 1 is 0.764 bits per heavy atom. The summed E-state index contributed by atoms with van der Waals surface area (Å²) < 4.78 is 1.80. The van der Waals surface area contributed by atoms with Crippen molar-refractivity contribution in [3.05, 3.63) is 99.0 Å². The molecule has 3 aromatic carbocycles. The number of hydrogen-bond donors (Lipinski definition) is 0. The molecule has 11 rings (SSSR count). The molecule has 5 fully saturated rings. The van der Waals surface area contributed by atoms with Gasteiger partial charge in [-0.3, -0.25) is 6.08 Å². The second kappa shape index (κ2) is 16.3. The number of hydrogen-bond acceptors (Lipinski definition) is 0. The van der Waals surface area contributed by atoms with Crippen molar-refractivity contribution in [1.29, 1.82) is 0 Å². The molecule has 0 radical (unpaired) electrons. The van der Waals surface area contributed by atoms with E-state index < -0.39 is 0 Å². The Hall–Kier alpha value is -1.40. The maximum absolute atomic E-state index is 3.47. The van der Waals surface area contributed by atoms with Crippen LogP contribution < -0.4 is 24.8 Å². The number of benzene rings is 3. The third-order valence-electron chi connectivity index (χ3n) is 16.5. The van der Waals surface area contributed by atoms with Gasteiger partial charge in [-0.15, -0.1) is 11.1 Å². The first-order chi connectivity index (χ1) is 25.2. The van der Waals surface area contributed by atoms with Gasteiger partial charge in [-0.1, -0.05) is 113 Å². The summed E-state index contributed by atoms with van der Waals surface area (Å²) in [6, 6.07) is 11.7. The third kappa shape index (κ3) is 7.22. The molecule has 294 valence electrons. The Kier molecular flexibility index (Phi) is 12.8. The SMILES string of the molecule is CC1=CC(C)(C23CC4CC(CC(C4)C2)C3)C=[C-]1.Cc1cc2c(c(C)c1C)C(C)c1c3c(c4ccccc4c1-2)C(C)C(C)C(C)[C-]3C.[Cl-].[Cl-].[Zr+2]=[C]1CCCCC1. The topological polar surface area (TPSA) is 0 Å². The van der Waals surface area contributed by atoms with Crippen LogP contribution in [-0.4, -0.2) is 3.21 Å². The van der Waals surface area contributed by atoms with Crippen molar-refractivity contribution in [3.63, 3.8) is 0 Å². The van der Waals surface area contributed by atoms with Crippen molar-refractivity contribution < 1.29 is 49.0 Å². The minimum atomic E-state index is 0. The molecule has 0 N–H and O–H groups in total. The van der Waals surface area contributed by atoms with E-state index in [-0.39, 0.29) is 24.8 Å². The molecule has 0 aliphatic heterocycles. The van der Waals surface area contributed by atoms with E-state index >= 15 is 0 Å². The van der Waals surface area contributed by atoms with Crippen LogP contribution in [0.15, 0.2) is 48.1 Å². The number of rotatable bonds is 1. The number of halogens is 2. The second-order valence-electron chi connectivity index (χ2n) is 19.6. The van der Waals surface area contributed by atoms with E-state index in [1.807, 2.05) is 0 Å². The molecule has 0 spiro atoms. The molecule has 3 aromatic rings. The molecule has 5 saturated carbocycles. The molecule has 0 saturated heterocycles. The molecule has 0 heterocycles. The van der Waals surface area contributed by atoms with Gasteiger partial charge in [0.25, 0.3) is 0 Å². The minimum absolute atomic E-state index is 0. The van der Waals surface area contributed by atoms with E-state index in [0.717, 1.165) is 17.8 Å². The fraction of sp³-hybridized carbons (Fsp3) is 0.577. The first-order valence-electron chi connectivity index (χ1n) is 21.6. The summed E-state index contributed by atoms with van der Waals surface area (Å²) in [4.78, 5) is 0. The summed E-state index contributed by atoms with van der Waals surface area (Å²) in [6.45, 7) is 23.8. The number of aryl methyl sites for hydroxylation is 1. The second-order valence-corrected chi connectivity index (χ2v) is 21.4. The molecule has 0 amide bonds. The zero-order chi connectivity index (χ0) is 37.6. The average Bonchev–Trinajstić information content (AvgIpc) is 3.64. The molecule has 3 heteroatoms. The van der Waals surface area contributed by atoms with E-state index in [2.05, 4.69) is 118 Å². The third-order valence-corrected chi connectivity index (χ3v) is 17.7. The summed E-state index contributed by atoms with van der Waals surface area (Å²) >= 11 is 1.69. The summed E-state index contributed by atoms with van der Waals surface area (Å²) in [7, 11) is 0. The molecule has 55 heavy (non-hydrogen) atoms. The average molecular weight is 853 g/mol. The van der Waals surface area contributed by atoms with Gasteiger partial charge in [0.15, 0.2) is 0 Å². The van der Waals surface area contributed by atoms with Crippen LogP contribution in [0.2, 0.25) is 0 Å². The van der Waals surface area contributed by atoms with Gasteiger partial charge in [-0.05, 0) is 122 Å². The molecule has 8 aliphatic rings. The van der Waals surface area contributed by atoms with E-state index in [1.165, 1.54) is 95.5 Å². The van der Waals surface area contributed by atoms with Crippen molar-refractivity contribution in [3.8, 4) is 11.1 Å². The quantitative estimate of drug-likeness (QED) is 0.216. The van der Waals surface area contributed by atoms with Crippen molar-refractivity contribution in [2.24, 2.45) is 40.4 Å². The predicted octanol–water partition coefficient (Wildman–Crippen LogP) is 8.44. The Morgan fingerprint density at radius 3 is 1.87 bits per heavy atom. The molecular weight excluding hydrogens is 787 g/mol. The monoisotopic (exact) mass is 850 g/mol. The van der Waals surface area contributed by atoms with Gasteiger partial charge < -0.3 is 24.8 Å². The van der Waals surface area contributed by atoms with Gasteiger partial charge in [0.2, 0.25) is 0 Å². The Balaban J connectivity index is 0.000000166. The van der Waals surface area contributed by atoms with Crippen LogP contribution in [0.3, 0.4) is 0 Å². The summed E-state index contributed by atoms with van der Waals surface area (Å²) in [5.74, 6) is 7.11. The van der Waals surface area contributed by atoms with Gasteiger partial charge in [0, 0.05) is 0 Å². The number of fused-ring (bicyclic) bond motifs is 8. The van der Waals surface area contributed by atoms with Crippen molar-refractivity contribution in [2.45, 2.75) is 152 Å². The van der Waals surface area contributed by atoms with E-state index in [9.17, 15) is 0 Å². The van der Waals surface area contributed by atoms with Crippen LogP contribution in [0.5, 0.6) is 0 Å². The Labute approximate surface area is 362 Å². The predicted molar refractivity (Wildman–Crippen MR) is 224 cm³/mol. The molecule has 8 aliphatic carbocycles. The van der Waals surface area contributed by atoms with Crippen LogP contribution in [0.25, 0.3) is 21.9 Å². The summed E-state index contributed by atoms with van der Waals surface area (Å²) in [5, 5.41) is 2.93. The standard InChI is InChI=1S/C29H33.C17H23.C6H10.2ClH.Zr/c1-14-13-24-25(18(5)15(14)2)21(8)28-27-20(7)17(4)16(3)19(6)26(27)22-11-9-10-12-23(22)29(24)28;1-12-3-4-16(2,8-12)17-9-13-5-14(10-17)7-15(6-13)11-17;1-2-4-6-5-3-1;;;/h9-13,16-17,19,21H,1-8H3;4,8,13-15H,5-7,9-11H2,1-2H3;1-5H2;2*1H;/q2*-1;;;;+2/p-2. The summed E-state index contributed by atoms with van der Waals surface area (Å²) in [5.41, 5.74) is 16.0. The molecule has 0 nitrogen and oxygen atoms in total. The fourth-order valence-corrected chi connectivity index (χ4v) is 14.2. The summed E-state index contributed by atoms with van der Waals surface area (Å²) in [6.07, 6.45) is 24.8. The van der Waals surface area contributed by atoms with Gasteiger partial charge >= 0.3 is 59.5 Å². The zero-order valence-electron chi connectivity index (χ0n) is 35.6. The van der Waals surface area contributed by atoms with E-state index in [1.54, 1.807) is 74.9 Å².